The Hall–Kier alpha value is -2.46. The number of esters is 4. The maximum Gasteiger partial charge on any atom is 0.472 e. The second-order valence-corrected chi connectivity index (χ2v) is 31.5. The molecule has 0 rings (SSSR count). The van der Waals surface area contributed by atoms with Gasteiger partial charge in [0, 0.05) is 25.7 Å². The van der Waals surface area contributed by atoms with E-state index in [4.69, 9.17) is 37.0 Å². The molecule has 0 aliphatic carbocycles. The zero-order chi connectivity index (χ0) is 72.7. The van der Waals surface area contributed by atoms with Crippen molar-refractivity contribution < 1.29 is 80.2 Å². The molecule has 5 atom stereocenters. The van der Waals surface area contributed by atoms with Crippen LogP contribution in [-0.4, -0.2) is 96.7 Å². The van der Waals surface area contributed by atoms with E-state index in [2.05, 4.69) is 58.9 Å². The summed E-state index contributed by atoms with van der Waals surface area (Å²) < 4.78 is 68.6. The molecule has 2 unspecified atom stereocenters. The highest BCUT2D eigenvalue weighted by molar-refractivity contribution is 7.47. The van der Waals surface area contributed by atoms with Gasteiger partial charge >= 0.3 is 39.5 Å². The maximum absolute atomic E-state index is 13.1. The number of aliphatic hydroxyl groups excluding tert-OH is 1. The number of hydrogen-bond acceptors (Lipinski definition) is 15. The molecule has 99 heavy (non-hydrogen) atoms. The van der Waals surface area contributed by atoms with Gasteiger partial charge in [-0.25, -0.2) is 9.13 Å². The molecular formula is C80H152O17P2. The normalized spacial score (nSPS) is 14.0. The molecule has 0 heterocycles. The minimum absolute atomic E-state index is 0.0852. The lowest BCUT2D eigenvalue weighted by Crippen LogP contribution is -2.30. The summed E-state index contributed by atoms with van der Waals surface area (Å²) in [5.41, 5.74) is 0. The number of rotatable bonds is 78. The van der Waals surface area contributed by atoms with Crippen LogP contribution in [0.25, 0.3) is 0 Å². The van der Waals surface area contributed by atoms with Gasteiger partial charge in [0.25, 0.3) is 0 Å². The Kier molecular flexibility index (Phi) is 70.7. The Morgan fingerprint density at radius 1 is 0.313 bits per heavy atom. The Bertz CT molecular complexity index is 1990. The largest absolute Gasteiger partial charge is 0.472 e. The molecule has 0 aliphatic heterocycles. The van der Waals surface area contributed by atoms with E-state index >= 15 is 0 Å². The summed E-state index contributed by atoms with van der Waals surface area (Å²) in [4.78, 5) is 72.9. The van der Waals surface area contributed by atoms with Crippen LogP contribution in [0.1, 0.15) is 401 Å². The predicted molar refractivity (Wildman–Crippen MR) is 404 cm³/mol. The van der Waals surface area contributed by atoms with Crippen LogP contribution in [0.5, 0.6) is 0 Å². The molecule has 0 amide bonds. The first kappa shape index (κ1) is 96.5. The van der Waals surface area contributed by atoms with Gasteiger partial charge in [0.05, 0.1) is 26.4 Å². The second kappa shape index (κ2) is 72.5. The number of unbranched alkanes of at least 4 members (excludes halogenated alkanes) is 47. The summed E-state index contributed by atoms with van der Waals surface area (Å²) >= 11 is 0. The minimum Gasteiger partial charge on any atom is -0.462 e. The van der Waals surface area contributed by atoms with E-state index in [-0.39, 0.29) is 25.7 Å². The first-order valence-corrected chi connectivity index (χ1v) is 43.9. The van der Waals surface area contributed by atoms with Crippen molar-refractivity contribution >= 4 is 39.5 Å². The van der Waals surface area contributed by atoms with Crippen LogP contribution in [0.4, 0.5) is 0 Å². The molecule has 0 saturated carbocycles. The third-order valence-corrected chi connectivity index (χ3v) is 20.1. The molecular weight excluding hydrogens is 1290 g/mol. The fourth-order valence-electron chi connectivity index (χ4n) is 11.9. The average molecular weight is 1450 g/mol. The molecule has 584 valence electrons. The molecule has 0 aromatic carbocycles. The fourth-order valence-corrected chi connectivity index (χ4v) is 13.4. The monoisotopic (exact) mass is 1450 g/mol. The van der Waals surface area contributed by atoms with Crippen LogP contribution >= 0.6 is 15.6 Å². The van der Waals surface area contributed by atoms with Crippen molar-refractivity contribution in [3.8, 4) is 0 Å². The molecule has 0 fully saturated rings. The molecule has 19 heteroatoms. The number of carbonyl (C=O) groups excluding carboxylic acids is 4. The van der Waals surface area contributed by atoms with Crippen LogP contribution in [0.15, 0.2) is 24.3 Å². The van der Waals surface area contributed by atoms with Gasteiger partial charge in [-0.05, 0) is 57.3 Å². The summed E-state index contributed by atoms with van der Waals surface area (Å²) in [7, 11) is -9.93. The molecule has 17 nitrogen and oxygen atoms in total. The van der Waals surface area contributed by atoms with E-state index in [0.717, 1.165) is 115 Å². The molecule has 0 aromatic heterocycles. The van der Waals surface area contributed by atoms with Gasteiger partial charge < -0.3 is 33.8 Å². The lowest BCUT2D eigenvalue weighted by Gasteiger charge is -2.21. The first-order valence-electron chi connectivity index (χ1n) is 41.0. The minimum atomic E-state index is -4.96. The molecule has 0 bridgehead atoms. The lowest BCUT2D eigenvalue weighted by molar-refractivity contribution is -0.161. The van der Waals surface area contributed by atoms with Crippen molar-refractivity contribution in [2.75, 3.05) is 39.6 Å². The number of aliphatic hydroxyl groups is 1. The van der Waals surface area contributed by atoms with E-state index in [1.807, 2.05) is 0 Å². The lowest BCUT2D eigenvalue weighted by atomic mass is 10.0. The number of carbonyl (C=O) groups is 4. The number of phosphoric acid groups is 2. The maximum atomic E-state index is 13.1. The van der Waals surface area contributed by atoms with Crippen molar-refractivity contribution in [2.24, 2.45) is 5.92 Å². The van der Waals surface area contributed by atoms with Crippen LogP contribution in [-0.2, 0) is 65.4 Å². The molecule has 0 radical (unpaired) electrons. The highest BCUT2D eigenvalue weighted by atomic mass is 31.2. The SMILES string of the molecule is CCCCCC/C=C\C=C/CCCCCCCC(=O)O[C@H](COC(=O)CCCCCCCCCC)COP(=O)(O)OC[C@H](O)COP(=O)(O)OC[C@@H](COC(=O)CCCCCCCCCCCCCCCC(C)C)OC(=O)CCCCCCCCCCCCCCCCCCCCCC. The van der Waals surface area contributed by atoms with Crippen LogP contribution in [0.3, 0.4) is 0 Å². The highest BCUT2D eigenvalue weighted by Gasteiger charge is 2.30. The van der Waals surface area contributed by atoms with E-state index in [1.165, 1.54) is 205 Å². The van der Waals surface area contributed by atoms with Crippen molar-refractivity contribution in [1.29, 1.82) is 0 Å². The molecule has 0 aliphatic rings. The van der Waals surface area contributed by atoms with Crippen molar-refractivity contribution in [3.05, 3.63) is 24.3 Å². The molecule has 0 saturated heterocycles. The van der Waals surface area contributed by atoms with Crippen molar-refractivity contribution in [1.82, 2.24) is 0 Å². The Balaban J connectivity index is 5.23. The van der Waals surface area contributed by atoms with E-state index in [9.17, 15) is 43.2 Å². The van der Waals surface area contributed by atoms with Gasteiger partial charge in [0.15, 0.2) is 12.2 Å². The molecule has 0 aromatic rings. The Morgan fingerprint density at radius 3 is 0.828 bits per heavy atom. The van der Waals surface area contributed by atoms with Gasteiger partial charge in [-0.1, -0.05) is 348 Å². The van der Waals surface area contributed by atoms with Crippen molar-refractivity contribution in [3.63, 3.8) is 0 Å². The van der Waals surface area contributed by atoms with Crippen molar-refractivity contribution in [2.45, 2.75) is 419 Å². The summed E-state index contributed by atoms with van der Waals surface area (Å²) in [6, 6.07) is 0. The summed E-state index contributed by atoms with van der Waals surface area (Å²) in [5, 5.41) is 10.6. The Morgan fingerprint density at radius 2 is 0.545 bits per heavy atom. The number of allylic oxidation sites excluding steroid dienone is 4. The van der Waals surface area contributed by atoms with Gasteiger partial charge in [-0.2, -0.15) is 0 Å². The zero-order valence-corrected chi connectivity index (χ0v) is 65.9. The third kappa shape index (κ3) is 73.6. The quantitative estimate of drug-likeness (QED) is 0.0169. The summed E-state index contributed by atoms with van der Waals surface area (Å²) in [5.74, 6) is -1.35. The number of ether oxygens (including phenoxy) is 4. The highest BCUT2D eigenvalue weighted by Crippen LogP contribution is 2.45. The zero-order valence-electron chi connectivity index (χ0n) is 64.1. The van der Waals surface area contributed by atoms with Gasteiger partial charge in [0.2, 0.25) is 0 Å². The van der Waals surface area contributed by atoms with Gasteiger partial charge in [0.1, 0.15) is 19.3 Å². The van der Waals surface area contributed by atoms with Crippen LogP contribution in [0, 0.1) is 5.92 Å². The van der Waals surface area contributed by atoms with Crippen LogP contribution in [0.2, 0.25) is 0 Å². The smallest absolute Gasteiger partial charge is 0.462 e. The number of hydrogen-bond donors (Lipinski definition) is 3. The fraction of sp³-hybridized carbons (Fsp3) is 0.900. The second-order valence-electron chi connectivity index (χ2n) is 28.6. The summed E-state index contributed by atoms with van der Waals surface area (Å²) in [6.07, 6.45) is 66.1. The van der Waals surface area contributed by atoms with E-state index in [1.54, 1.807) is 0 Å². The predicted octanol–water partition coefficient (Wildman–Crippen LogP) is 23.6. The average Bonchev–Trinajstić information content (AvgIpc) is 2.15. The van der Waals surface area contributed by atoms with E-state index in [0.29, 0.717) is 25.7 Å². The topological polar surface area (TPSA) is 237 Å². The first-order chi connectivity index (χ1) is 48.0. The van der Waals surface area contributed by atoms with Gasteiger partial charge in [-0.15, -0.1) is 0 Å². The Labute approximate surface area is 605 Å². The standard InChI is InChI=1S/C80H152O17P2/c1-6-9-12-15-18-21-23-25-27-28-29-30-31-33-37-42-46-51-56-61-66-80(85)97-76(70-91-78(83)64-59-54-49-44-40-38-34-35-39-43-47-52-57-62-73(4)5)72-95-99(88,89)93-68-74(81)67-92-98(86,87)94-71-75(69-90-77(82)63-58-53-48-20-17-14-11-8-3)96-79(84)65-60-55-50-45-41-36-32-26-24-22-19-16-13-10-7-2/h22,24,26,32,73-76,81H,6-21,23,25,27-31,33-72H2,1-5H3,(H,86,87)(H,88,89)/b24-22-,32-26-/t74-,75+,76+/m0/s1. The third-order valence-electron chi connectivity index (χ3n) is 18.2. The van der Waals surface area contributed by atoms with Gasteiger partial charge in [-0.3, -0.25) is 37.3 Å². The van der Waals surface area contributed by atoms with E-state index < -0.39 is 97.5 Å². The van der Waals surface area contributed by atoms with Crippen LogP contribution < -0.4 is 0 Å². The summed E-state index contributed by atoms with van der Waals surface area (Å²) in [6.45, 7) is 7.24. The molecule has 0 spiro atoms. The number of phosphoric ester groups is 2. The molecule has 3 N–H and O–H groups in total.